The number of nitrogens with zero attached hydrogens (tertiary/aromatic N) is 2. The molecule has 48 heavy (non-hydrogen) atoms. The molecule has 8 bridgehead atoms. The van der Waals surface area contributed by atoms with E-state index in [0.29, 0.717) is 23.7 Å². The number of nitrogens with one attached hydrogen (secondary N) is 2. The van der Waals surface area contributed by atoms with Crippen LogP contribution < -0.4 is 0 Å². The number of allylic oxidation sites excluding steroid dienone is 4. The Bertz CT molecular complexity index is 2070. The topological polar surface area (TPSA) is 57.4 Å². The van der Waals surface area contributed by atoms with Crippen LogP contribution in [-0.4, -0.2) is 19.9 Å². The van der Waals surface area contributed by atoms with Gasteiger partial charge in [0.1, 0.15) is 0 Å². The van der Waals surface area contributed by atoms with Gasteiger partial charge in [-0.15, -0.1) is 0 Å². The van der Waals surface area contributed by atoms with E-state index >= 15 is 0 Å². The summed E-state index contributed by atoms with van der Waals surface area (Å²) in [5.74, 6) is 5.70. The van der Waals surface area contributed by atoms with Gasteiger partial charge in [-0.3, -0.25) is 0 Å². The quantitative estimate of drug-likeness (QED) is 0.260. The molecule has 4 heteroatoms. The first-order valence-electron chi connectivity index (χ1n) is 20.1. The molecular weight excluding hydrogens is 585 g/mol. The zero-order valence-electron chi connectivity index (χ0n) is 28.1. The zero-order chi connectivity index (χ0) is 30.8. The second kappa shape index (κ2) is 9.23. The molecule has 13 rings (SSSR count). The maximum absolute atomic E-state index is 5.59. The minimum atomic E-state index is 0.698. The Balaban J connectivity index is 1.13. The smallest absolute Gasteiger partial charge is 0.0697 e. The van der Waals surface area contributed by atoms with Gasteiger partial charge in [-0.1, -0.05) is 51.4 Å². The molecule has 4 fully saturated rings. The molecule has 10 aliphatic rings. The van der Waals surface area contributed by atoms with E-state index in [-0.39, 0.29) is 0 Å². The number of hydrogen-bond donors (Lipinski definition) is 2. The van der Waals surface area contributed by atoms with Crippen LogP contribution in [0.4, 0.5) is 0 Å². The normalized spacial score (nSPS) is 34.8. The van der Waals surface area contributed by atoms with Crippen molar-refractivity contribution in [3.8, 4) is 0 Å². The highest BCUT2D eigenvalue weighted by Crippen LogP contribution is 2.64. The van der Waals surface area contributed by atoms with Crippen LogP contribution in [0.2, 0.25) is 0 Å². The Hall–Kier alpha value is -3.40. The SMILES string of the molecule is c1c2nc(cc3[nH]c(cc4[nH]c(cc5nc1C1=C5C5CCCCC15)c1c4C4CCCCC14)c1c3C3CCCCC13)C1=C2C2CCCCC12. The van der Waals surface area contributed by atoms with Gasteiger partial charge in [-0.05, 0) is 168 Å². The Morgan fingerprint density at radius 2 is 0.604 bits per heavy atom. The van der Waals surface area contributed by atoms with Gasteiger partial charge < -0.3 is 9.97 Å². The molecule has 3 aromatic rings. The molecular formula is C44H46N4. The van der Waals surface area contributed by atoms with Gasteiger partial charge in [0.25, 0.3) is 0 Å². The van der Waals surface area contributed by atoms with E-state index in [1.807, 2.05) is 0 Å². The van der Waals surface area contributed by atoms with Gasteiger partial charge in [0.2, 0.25) is 0 Å². The third kappa shape index (κ3) is 3.17. The van der Waals surface area contributed by atoms with Crippen LogP contribution in [-0.2, 0) is 0 Å². The van der Waals surface area contributed by atoms with Crippen molar-refractivity contribution in [3.63, 3.8) is 0 Å². The van der Waals surface area contributed by atoms with Crippen molar-refractivity contribution < 1.29 is 0 Å². The first kappa shape index (κ1) is 26.5. The highest BCUT2D eigenvalue weighted by molar-refractivity contribution is 6.04. The minimum Gasteiger partial charge on any atom is -0.355 e. The largest absolute Gasteiger partial charge is 0.355 e. The molecule has 4 nitrogen and oxygen atoms in total. The van der Waals surface area contributed by atoms with Gasteiger partial charge in [0.05, 0.1) is 22.8 Å². The van der Waals surface area contributed by atoms with Crippen molar-refractivity contribution in [2.45, 2.75) is 126 Å². The van der Waals surface area contributed by atoms with Crippen LogP contribution in [0.15, 0.2) is 24.3 Å². The average molecular weight is 631 g/mol. The highest BCUT2D eigenvalue weighted by atomic mass is 14.8. The Morgan fingerprint density at radius 3 is 0.938 bits per heavy atom. The second-order valence-electron chi connectivity index (χ2n) is 17.5. The molecule has 0 radical (unpaired) electrons. The standard InChI is InChI=1S/C44H46N4/c1-2-10-22-21(9-1)37-29-17-31-39-23-11-3-4-12-24(23)41(39)33(46-31)19-35-43-27-15-7-8-16-28(27)44(43)36(48-35)20-34-42-26-14-6-5-13-25(26)40(42)32(47-34)18-30(45-29)38(22)37/h17-28,45-46H,1-16H2. The first-order valence-corrected chi connectivity index (χ1v) is 20.1. The molecule has 0 aromatic carbocycles. The van der Waals surface area contributed by atoms with Crippen molar-refractivity contribution in [3.05, 3.63) is 69.3 Å². The monoisotopic (exact) mass is 630 g/mol. The summed E-state index contributed by atoms with van der Waals surface area (Å²) in [6.45, 7) is 0. The van der Waals surface area contributed by atoms with Gasteiger partial charge in [-0.2, -0.15) is 0 Å². The summed E-state index contributed by atoms with van der Waals surface area (Å²) in [5.41, 5.74) is 23.5. The number of hydrogen-bond acceptors (Lipinski definition) is 2. The molecule has 0 saturated heterocycles. The molecule has 8 atom stereocenters. The summed E-state index contributed by atoms with van der Waals surface area (Å²) in [7, 11) is 0. The third-order valence-corrected chi connectivity index (χ3v) is 15.6. The van der Waals surface area contributed by atoms with Crippen LogP contribution in [0.5, 0.6) is 0 Å². The number of fused-ring (bicyclic) bond motifs is 30. The molecule has 2 aliphatic heterocycles. The third-order valence-electron chi connectivity index (χ3n) is 15.6. The maximum atomic E-state index is 5.59. The molecule has 2 N–H and O–H groups in total. The Morgan fingerprint density at radius 1 is 0.333 bits per heavy atom. The van der Waals surface area contributed by atoms with Gasteiger partial charge in [0.15, 0.2) is 0 Å². The number of aromatic nitrogens is 4. The molecule has 0 amide bonds. The van der Waals surface area contributed by atoms with Crippen molar-refractivity contribution in [2.24, 2.45) is 23.7 Å². The van der Waals surface area contributed by atoms with Crippen LogP contribution in [0.25, 0.3) is 44.4 Å². The summed E-state index contributed by atoms with van der Waals surface area (Å²) >= 11 is 0. The van der Waals surface area contributed by atoms with E-state index in [4.69, 9.17) is 9.97 Å². The lowest BCUT2D eigenvalue weighted by molar-refractivity contribution is 0.332. The summed E-state index contributed by atoms with van der Waals surface area (Å²) in [6, 6.07) is 10.0. The van der Waals surface area contributed by atoms with E-state index in [1.165, 1.54) is 148 Å². The summed E-state index contributed by atoms with van der Waals surface area (Å²) in [5, 5.41) is 0. The Kier molecular flexibility index (Phi) is 5.09. The van der Waals surface area contributed by atoms with Crippen molar-refractivity contribution in [1.29, 1.82) is 0 Å². The predicted molar refractivity (Wildman–Crippen MR) is 193 cm³/mol. The van der Waals surface area contributed by atoms with Gasteiger partial charge >= 0.3 is 0 Å². The molecule has 3 aromatic heterocycles. The molecule has 242 valence electrons. The van der Waals surface area contributed by atoms with Crippen LogP contribution in [0, 0.1) is 23.7 Å². The number of H-pyrrole nitrogens is 2. The van der Waals surface area contributed by atoms with E-state index in [0.717, 1.165) is 23.7 Å². The Labute approximate surface area is 283 Å². The molecule has 8 unspecified atom stereocenters. The van der Waals surface area contributed by atoms with E-state index in [2.05, 4.69) is 34.2 Å². The molecule has 0 spiro atoms. The second-order valence-corrected chi connectivity index (χ2v) is 17.5. The van der Waals surface area contributed by atoms with Crippen molar-refractivity contribution in [2.75, 3.05) is 0 Å². The summed E-state index contributed by atoms with van der Waals surface area (Å²) in [6.07, 6.45) is 21.8. The fourth-order valence-corrected chi connectivity index (χ4v) is 13.7. The maximum Gasteiger partial charge on any atom is 0.0697 e. The van der Waals surface area contributed by atoms with Crippen molar-refractivity contribution >= 4 is 44.4 Å². The lowest BCUT2D eigenvalue weighted by Gasteiger charge is -2.43. The average Bonchev–Trinajstić information content (AvgIpc) is 3.73. The van der Waals surface area contributed by atoms with Crippen molar-refractivity contribution in [1.82, 2.24) is 19.9 Å². The fraction of sp³-hybridized carbons (Fsp3) is 0.545. The van der Waals surface area contributed by atoms with Crippen LogP contribution >= 0.6 is 0 Å². The summed E-state index contributed by atoms with van der Waals surface area (Å²) < 4.78 is 0. The molecule has 5 heterocycles. The van der Waals surface area contributed by atoms with Crippen LogP contribution in [0.1, 0.15) is 171 Å². The number of rotatable bonds is 0. The number of aromatic amines is 2. The van der Waals surface area contributed by atoms with E-state index in [1.54, 1.807) is 44.5 Å². The van der Waals surface area contributed by atoms with E-state index in [9.17, 15) is 0 Å². The molecule has 8 aliphatic carbocycles. The van der Waals surface area contributed by atoms with E-state index < -0.39 is 0 Å². The highest BCUT2D eigenvalue weighted by Gasteiger charge is 2.50. The minimum absolute atomic E-state index is 0.698. The summed E-state index contributed by atoms with van der Waals surface area (Å²) in [4.78, 5) is 19.4. The first-order chi connectivity index (χ1) is 23.8. The lowest BCUT2D eigenvalue weighted by atomic mass is 9.59. The molecule has 4 saturated carbocycles. The predicted octanol–water partition coefficient (Wildman–Crippen LogP) is 11.3. The zero-order valence-corrected chi connectivity index (χ0v) is 28.1. The lowest BCUT2D eigenvalue weighted by Crippen LogP contribution is -2.30. The van der Waals surface area contributed by atoms with Gasteiger partial charge in [-0.25, -0.2) is 9.97 Å². The van der Waals surface area contributed by atoms with Gasteiger partial charge in [0, 0.05) is 22.1 Å². The van der Waals surface area contributed by atoms with Crippen LogP contribution in [0.3, 0.4) is 0 Å². The fourth-order valence-electron chi connectivity index (χ4n) is 13.7.